The molecule has 66 heavy (non-hydrogen) atoms. The summed E-state index contributed by atoms with van der Waals surface area (Å²) in [6, 6.07) is 19.0. The third kappa shape index (κ3) is 13.1. The summed E-state index contributed by atoms with van der Waals surface area (Å²) < 4.78 is 28.1. The van der Waals surface area contributed by atoms with Crippen LogP contribution in [0, 0.1) is 0 Å². The molecule has 8 heteroatoms. The molecule has 0 radical (unpaired) electrons. The molecule has 0 spiro atoms. The van der Waals surface area contributed by atoms with Crippen LogP contribution in [0.1, 0.15) is 177 Å². The van der Waals surface area contributed by atoms with Gasteiger partial charge in [-0.05, 0) is 101 Å². The maximum absolute atomic E-state index is 7.05. The molecule has 5 rings (SSSR count). The van der Waals surface area contributed by atoms with E-state index in [1.807, 2.05) is 38.0 Å². The van der Waals surface area contributed by atoms with Crippen LogP contribution in [0.2, 0.25) is 0 Å². The third-order valence-electron chi connectivity index (χ3n) is 12.5. The number of hydrogen-bond donors (Lipinski definition) is 0. The highest BCUT2D eigenvalue weighted by Gasteiger charge is 2.30. The zero-order chi connectivity index (χ0) is 49.1. The molecular weight excluding hydrogens is 853 g/mol. The van der Waals surface area contributed by atoms with Crippen LogP contribution in [0.3, 0.4) is 0 Å². The molecule has 1 aliphatic rings. The van der Waals surface area contributed by atoms with Crippen LogP contribution in [0.5, 0.6) is 23.0 Å². The van der Waals surface area contributed by atoms with E-state index in [0.29, 0.717) is 52.1 Å². The van der Waals surface area contributed by atoms with Gasteiger partial charge in [0.15, 0.2) is 0 Å². The van der Waals surface area contributed by atoms with Gasteiger partial charge in [-0.25, -0.2) is 0 Å². The van der Waals surface area contributed by atoms with E-state index < -0.39 is 0 Å². The first-order chi connectivity index (χ1) is 30.6. The molecule has 0 saturated carbocycles. The second kappa shape index (κ2) is 21.0. The van der Waals surface area contributed by atoms with Gasteiger partial charge in [0.05, 0.1) is 13.2 Å². The number of fused-ring (bicyclic) bond motifs is 8. The maximum Gasteiger partial charge on any atom is 0.138 e. The van der Waals surface area contributed by atoms with Crippen molar-refractivity contribution in [1.29, 1.82) is 0 Å². The Bertz CT molecular complexity index is 2120. The lowest BCUT2D eigenvalue weighted by Crippen LogP contribution is -2.26. The molecule has 0 aliphatic heterocycles. The van der Waals surface area contributed by atoms with Gasteiger partial charge in [0.1, 0.15) is 46.2 Å². The lowest BCUT2D eigenvalue weighted by molar-refractivity contribution is 0.310. The maximum atomic E-state index is 7.05. The number of thiocarbonyl (C=S) groups is 2. The van der Waals surface area contributed by atoms with E-state index in [9.17, 15) is 0 Å². The summed E-state index contributed by atoms with van der Waals surface area (Å²) in [5, 5.41) is 0. The van der Waals surface area contributed by atoms with Crippen molar-refractivity contribution in [1.82, 2.24) is 9.80 Å². The van der Waals surface area contributed by atoms with E-state index in [4.69, 9.17) is 43.4 Å². The van der Waals surface area contributed by atoms with Crippen LogP contribution in [-0.2, 0) is 47.3 Å². The summed E-state index contributed by atoms with van der Waals surface area (Å²) in [6.45, 7) is 33.8. The van der Waals surface area contributed by atoms with Gasteiger partial charge in [-0.3, -0.25) is 0 Å². The zero-order valence-electron chi connectivity index (χ0n) is 44.0. The molecule has 6 nitrogen and oxygen atoms in total. The fourth-order valence-corrected chi connectivity index (χ4v) is 8.41. The molecule has 0 fully saturated rings. The van der Waals surface area contributed by atoms with Crippen LogP contribution in [-0.4, -0.2) is 74.4 Å². The fourth-order valence-electron chi connectivity index (χ4n) is 8.30. The van der Waals surface area contributed by atoms with Crippen molar-refractivity contribution in [2.75, 3.05) is 54.6 Å². The smallest absolute Gasteiger partial charge is 0.138 e. The molecular formula is C58H82N2O4S2. The Morgan fingerprint density at radius 3 is 0.758 bits per heavy atom. The topological polar surface area (TPSA) is 43.4 Å². The summed E-state index contributed by atoms with van der Waals surface area (Å²) in [4.78, 5) is 5.41. The monoisotopic (exact) mass is 935 g/mol. The minimum absolute atomic E-state index is 0.138. The van der Waals surface area contributed by atoms with Crippen molar-refractivity contribution >= 4 is 34.4 Å². The van der Waals surface area contributed by atoms with Gasteiger partial charge in [0, 0.05) is 53.9 Å². The summed E-state index contributed by atoms with van der Waals surface area (Å²) in [5.74, 6) is 3.62. The van der Waals surface area contributed by atoms with E-state index in [1.54, 1.807) is 0 Å². The molecule has 0 unspecified atom stereocenters. The van der Waals surface area contributed by atoms with Crippen molar-refractivity contribution in [3.63, 3.8) is 0 Å². The van der Waals surface area contributed by atoms with E-state index in [1.165, 1.54) is 22.3 Å². The van der Waals surface area contributed by atoms with Gasteiger partial charge in [-0.1, -0.05) is 170 Å². The van der Waals surface area contributed by atoms with Gasteiger partial charge in [0.25, 0.3) is 0 Å². The lowest BCUT2D eigenvalue weighted by Gasteiger charge is -2.29. The number of hydrogen-bond acceptors (Lipinski definition) is 6. The number of benzene rings is 4. The molecule has 1 aliphatic carbocycles. The molecule has 4 aromatic carbocycles. The molecule has 0 atom stereocenters. The second-order valence-electron chi connectivity index (χ2n) is 23.1. The van der Waals surface area contributed by atoms with Crippen LogP contribution in [0.15, 0.2) is 48.5 Å². The Labute approximate surface area is 411 Å². The van der Waals surface area contributed by atoms with Gasteiger partial charge in [0.2, 0.25) is 0 Å². The lowest BCUT2D eigenvalue weighted by atomic mass is 9.79. The van der Waals surface area contributed by atoms with E-state index in [0.717, 1.165) is 90.3 Å². The van der Waals surface area contributed by atoms with Crippen LogP contribution in [0.25, 0.3) is 0 Å². The highest BCUT2D eigenvalue weighted by molar-refractivity contribution is 7.80. The number of likely N-dealkylation sites (N-methyl/N-ethyl adjacent to an activating group) is 2. The Morgan fingerprint density at radius 2 is 0.591 bits per heavy atom. The van der Waals surface area contributed by atoms with Crippen LogP contribution >= 0.6 is 24.4 Å². The largest absolute Gasteiger partial charge is 0.493 e. The first-order valence-corrected chi connectivity index (χ1v) is 25.0. The summed E-state index contributed by atoms with van der Waals surface area (Å²) in [5.41, 5.74) is 13.5. The van der Waals surface area contributed by atoms with Crippen LogP contribution in [0.4, 0.5) is 0 Å². The molecule has 8 bridgehead atoms. The number of rotatable bonds is 12. The Hall–Kier alpha value is -4.14. The predicted octanol–water partition coefficient (Wildman–Crippen LogP) is 13.7. The van der Waals surface area contributed by atoms with Gasteiger partial charge >= 0.3 is 0 Å². The fraction of sp³-hybridized carbons (Fsp3) is 0.552. The van der Waals surface area contributed by atoms with Gasteiger partial charge in [-0.2, -0.15) is 0 Å². The van der Waals surface area contributed by atoms with E-state index >= 15 is 0 Å². The molecule has 360 valence electrons. The summed E-state index contributed by atoms with van der Waals surface area (Å²) >= 11 is 11.8. The number of nitrogens with zero attached hydrogens (tertiary/aromatic N) is 2. The number of ether oxygens (including phenoxy) is 4. The van der Waals surface area contributed by atoms with E-state index in [2.05, 4.69) is 145 Å². The van der Waals surface area contributed by atoms with Crippen LogP contribution < -0.4 is 18.9 Å². The first kappa shape index (κ1) is 52.8. The SMILES string of the molecule is CCCOc1c2cc(C(C)(C)C)cc1Cc1cc(C(C)(C)C)cc(c1OCC(=S)N(C)C)Cc1cc(C(C)(C)C)cc(c1OCCC)Cc1cc(C(C)(C)C)cc(c1OCC(=S)N(C)C)C2. The minimum Gasteiger partial charge on any atom is -0.493 e. The van der Waals surface area contributed by atoms with Crippen molar-refractivity contribution in [3.05, 3.63) is 115 Å². The van der Waals surface area contributed by atoms with Crippen molar-refractivity contribution < 1.29 is 18.9 Å². The molecule has 0 heterocycles. The Kier molecular flexibility index (Phi) is 16.8. The highest BCUT2D eigenvalue weighted by atomic mass is 32.1. The summed E-state index contributed by atoms with van der Waals surface area (Å²) in [6.07, 6.45) is 4.20. The summed E-state index contributed by atoms with van der Waals surface area (Å²) in [7, 11) is 7.95. The van der Waals surface area contributed by atoms with Crippen molar-refractivity contribution in [2.45, 2.75) is 157 Å². The average molecular weight is 935 g/mol. The predicted molar refractivity (Wildman–Crippen MR) is 287 cm³/mol. The second-order valence-corrected chi connectivity index (χ2v) is 24.0. The van der Waals surface area contributed by atoms with Gasteiger partial charge in [-0.15, -0.1) is 0 Å². The molecule has 4 aromatic rings. The standard InChI is InChI=1S/C58H82N2O4S2/c1-19-21-61-51-37-23-41-31-47(57(9,10)11)33-43(53(41)63-35-49(65)59(15)16)25-39-29-46(56(6,7)8)30-40(52(39)62-22-20-2)26-44-34-48(58(12,13)14)32-42(54(44)64-36-50(66)60(17)18)24-38(51)28-45(27-37)55(3,4)5/h27-34H,19-26,35-36H2,1-18H3. The average Bonchev–Trinajstić information content (AvgIpc) is 3.20. The molecule has 0 amide bonds. The van der Waals surface area contributed by atoms with Crippen molar-refractivity contribution in [2.24, 2.45) is 0 Å². The normalized spacial score (nSPS) is 13.2. The molecule has 0 saturated heterocycles. The molecule has 0 N–H and O–H groups in total. The minimum atomic E-state index is -0.138. The molecule has 0 aromatic heterocycles. The third-order valence-corrected chi connectivity index (χ3v) is 13.5. The highest BCUT2D eigenvalue weighted by Crippen LogP contribution is 2.44. The first-order valence-electron chi connectivity index (χ1n) is 24.2. The van der Waals surface area contributed by atoms with Gasteiger partial charge < -0.3 is 28.7 Å². The zero-order valence-corrected chi connectivity index (χ0v) is 45.7. The quantitative estimate of drug-likeness (QED) is 0.115. The Balaban J connectivity index is 2.03. The Morgan fingerprint density at radius 1 is 0.394 bits per heavy atom. The van der Waals surface area contributed by atoms with E-state index in [-0.39, 0.29) is 21.7 Å². The van der Waals surface area contributed by atoms with Crippen molar-refractivity contribution in [3.8, 4) is 23.0 Å².